The molecule has 1 saturated carbocycles. The molecule has 0 bridgehead atoms. The van der Waals surface area contributed by atoms with Gasteiger partial charge in [0.25, 0.3) is 0 Å². The summed E-state index contributed by atoms with van der Waals surface area (Å²) in [6.45, 7) is 10.9. The van der Waals surface area contributed by atoms with E-state index in [1.807, 2.05) is 13.8 Å². The fourth-order valence-corrected chi connectivity index (χ4v) is 2.57. The molecule has 0 amide bonds. The lowest BCUT2D eigenvalue weighted by Gasteiger charge is -2.32. The minimum Gasteiger partial charge on any atom is -0.0914 e. The lowest BCUT2D eigenvalue weighted by molar-refractivity contribution is 0.211. The van der Waals surface area contributed by atoms with Crippen LogP contribution in [0.3, 0.4) is 0 Å². The van der Waals surface area contributed by atoms with E-state index < -0.39 is 0 Å². The van der Waals surface area contributed by atoms with E-state index in [-0.39, 0.29) is 0 Å². The van der Waals surface area contributed by atoms with Crippen molar-refractivity contribution in [2.75, 3.05) is 0 Å². The summed E-state index contributed by atoms with van der Waals surface area (Å²) in [6, 6.07) is 0. The Morgan fingerprint density at radius 2 is 1.71 bits per heavy atom. The van der Waals surface area contributed by atoms with Crippen LogP contribution in [-0.4, -0.2) is 0 Å². The van der Waals surface area contributed by atoms with Crippen LogP contribution in [0.25, 0.3) is 0 Å². The Hall–Kier alpha value is -0.260. The minimum atomic E-state index is 0.797. The summed E-state index contributed by atoms with van der Waals surface area (Å²) in [6.07, 6.45) is 10.4. The Labute approximate surface area is 90.8 Å². The highest BCUT2D eigenvalue weighted by Crippen LogP contribution is 2.35. The summed E-state index contributed by atoms with van der Waals surface area (Å²) in [7, 11) is 0. The van der Waals surface area contributed by atoms with Crippen molar-refractivity contribution in [3.05, 3.63) is 12.2 Å². The molecule has 0 aromatic rings. The van der Waals surface area contributed by atoms with Crippen molar-refractivity contribution in [3.63, 3.8) is 0 Å². The van der Waals surface area contributed by atoms with Crippen LogP contribution in [0.4, 0.5) is 0 Å². The molecule has 1 aliphatic carbocycles. The number of hydrogen-bond acceptors (Lipinski definition) is 0. The summed E-state index contributed by atoms with van der Waals surface area (Å²) in [5, 5.41) is 0. The van der Waals surface area contributed by atoms with Crippen LogP contribution in [0.15, 0.2) is 12.2 Å². The first-order valence-electron chi connectivity index (χ1n) is 6.38. The summed E-state index contributed by atoms with van der Waals surface area (Å²) >= 11 is 0. The highest BCUT2D eigenvalue weighted by molar-refractivity contribution is 4.89. The van der Waals surface area contributed by atoms with Gasteiger partial charge in [0.15, 0.2) is 0 Å². The van der Waals surface area contributed by atoms with Gasteiger partial charge in [-0.2, -0.15) is 0 Å². The SMILES string of the molecule is C/C=C\C(C)C1CCCCC1C.CC. The van der Waals surface area contributed by atoms with Crippen LogP contribution in [-0.2, 0) is 0 Å². The van der Waals surface area contributed by atoms with E-state index in [2.05, 4.69) is 32.9 Å². The molecule has 84 valence electrons. The van der Waals surface area contributed by atoms with Gasteiger partial charge in [-0.15, -0.1) is 0 Å². The summed E-state index contributed by atoms with van der Waals surface area (Å²) in [5.41, 5.74) is 0. The first-order valence-corrected chi connectivity index (χ1v) is 6.38. The number of allylic oxidation sites excluding steroid dienone is 2. The summed E-state index contributed by atoms with van der Waals surface area (Å²) in [4.78, 5) is 0. The molecule has 0 aromatic carbocycles. The Morgan fingerprint density at radius 1 is 1.14 bits per heavy atom. The maximum Gasteiger partial charge on any atom is -0.0231 e. The van der Waals surface area contributed by atoms with E-state index in [1.165, 1.54) is 25.7 Å². The molecule has 0 saturated heterocycles. The fourth-order valence-electron chi connectivity index (χ4n) is 2.57. The second-order valence-corrected chi connectivity index (χ2v) is 4.31. The molecule has 0 heteroatoms. The number of rotatable bonds is 2. The zero-order valence-corrected chi connectivity index (χ0v) is 10.7. The van der Waals surface area contributed by atoms with Gasteiger partial charge in [0, 0.05) is 0 Å². The molecular formula is C14H28. The zero-order valence-electron chi connectivity index (χ0n) is 10.7. The van der Waals surface area contributed by atoms with Crippen molar-refractivity contribution in [1.82, 2.24) is 0 Å². The molecule has 0 nitrogen and oxygen atoms in total. The predicted octanol–water partition coefficient (Wildman–Crippen LogP) is 5.05. The van der Waals surface area contributed by atoms with Gasteiger partial charge in [0.2, 0.25) is 0 Å². The van der Waals surface area contributed by atoms with Gasteiger partial charge < -0.3 is 0 Å². The van der Waals surface area contributed by atoms with Crippen molar-refractivity contribution in [2.45, 2.75) is 60.3 Å². The highest BCUT2D eigenvalue weighted by Gasteiger charge is 2.24. The van der Waals surface area contributed by atoms with Crippen LogP contribution in [0.2, 0.25) is 0 Å². The molecule has 0 spiro atoms. The topological polar surface area (TPSA) is 0 Å². The lowest BCUT2D eigenvalue weighted by atomic mass is 9.74. The van der Waals surface area contributed by atoms with Crippen LogP contribution in [0.1, 0.15) is 60.3 Å². The van der Waals surface area contributed by atoms with Gasteiger partial charge in [0.05, 0.1) is 0 Å². The molecule has 1 rings (SSSR count). The Balaban J connectivity index is 0.000000791. The van der Waals surface area contributed by atoms with Crippen LogP contribution < -0.4 is 0 Å². The molecule has 0 aliphatic heterocycles. The fraction of sp³-hybridized carbons (Fsp3) is 0.857. The van der Waals surface area contributed by atoms with Crippen molar-refractivity contribution >= 4 is 0 Å². The van der Waals surface area contributed by atoms with Crippen LogP contribution >= 0.6 is 0 Å². The Bertz CT molecular complexity index is 146. The van der Waals surface area contributed by atoms with E-state index in [0.29, 0.717) is 0 Å². The van der Waals surface area contributed by atoms with E-state index in [0.717, 1.165) is 17.8 Å². The van der Waals surface area contributed by atoms with Gasteiger partial charge >= 0.3 is 0 Å². The molecular weight excluding hydrogens is 168 g/mol. The van der Waals surface area contributed by atoms with E-state index in [1.54, 1.807) is 0 Å². The highest BCUT2D eigenvalue weighted by atomic mass is 14.3. The molecule has 1 fully saturated rings. The molecule has 14 heavy (non-hydrogen) atoms. The third-order valence-electron chi connectivity index (χ3n) is 3.35. The van der Waals surface area contributed by atoms with Gasteiger partial charge in [-0.05, 0) is 31.1 Å². The zero-order chi connectivity index (χ0) is 11.0. The summed E-state index contributed by atoms with van der Waals surface area (Å²) in [5.74, 6) is 2.70. The Kier molecular flexibility index (Phi) is 7.93. The largest absolute Gasteiger partial charge is 0.0914 e. The van der Waals surface area contributed by atoms with E-state index >= 15 is 0 Å². The lowest BCUT2D eigenvalue weighted by Crippen LogP contribution is -2.22. The molecule has 3 atom stereocenters. The van der Waals surface area contributed by atoms with E-state index in [9.17, 15) is 0 Å². The maximum absolute atomic E-state index is 2.42. The van der Waals surface area contributed by atoms with Gasteiger partial charge in [-0.1, -0.05) is 59.1 Å². The molecule has 0 aromatic heterocycles. The monoisotopic (exact) mass is 196 g/mol. The van der Waals surface area contributed by atoms with Crippen LogP contribution in [0, 0.1) is 17.8 Å². The third kappa shape index (κ3) is 4.30. The molecule has 1 aliphatic rings. The first-order chi connectivity index (χ1) is 6.75. The molecule has 3 unspecified atom stereocenters. The summed E-state index contributed by atoms with van der Waals surface area (Å²) < 4.78 is 0. The van der Waals surface area contributed by atoms with Gasteiger partial charge in [0.1, 0.15) is 0 Å². The smallest absolute Gasteiger partial charge is 0.0231 e. The van der Waals surface area contributed by atoms with Crippen LogP contribution in [0.5, 0.6) is 0 Å². The number of hydrogen-bond donors (Lipinski definition) is 0. The second-order valence-electron chi connectivity index (χ2n) is 4.31. The molecule has 0 heterocycles. The third-order valence-corrected chi connectivity index (χ3v) is 3.35. The molecule has 0 N–H and O–H groups in total. The second kappa shape index (κ2) is 8.08. The molecule has 0 radical (unpaired) electrons. The average Bonchev–Trinajstić information content (AvgIpc) is 2.22. The van der Waals surface area contributed by atoms with Crippen molar-refractivity contribution < 1.29 is 0 Å². The minimum absolute atomic E-state index is 0.797. The van der Waals surface area contributed by atoms with E-state index in [4.69, 9.17) is 0 Å². The quantitative estimate of drug-likeness (QED) is 0.542. The predicted molar refractivity (Wildman–Crippen MR) is 66.4 cm³/mol. The first kappa shape index (κ1) is 13.7. The maximum atomic E-state index is 2.42. The van der Waals surface area contributed by atoms with Crippen molar-refractivity contribution in [2.24, 2.45) is 17.8 Å². The van der Waals surface area contributed by atoms with Gasteiger partial charge in [-0.3, -0.25) is 0 Å². The van der Waals surface area contributed by atoms with Crippen molar-refractivity contribution in [1.29, 1.82) is 0 Å². The van der Waals surface area contributed by atoms with Crippen molar-refractivity contribution in [3.8, 4) is 0 Å². The average molecular weight is 196 g/mol. The normalized spacial score (nSPS) is 29.5. The standard InChI is InChI=1S/C12H22.C2H6/c1-4-7-10(2)12-9-6-5-8-11(12)3;1-2/h4,7,10-12H,5-6,8-9H2,1-3H3;1-2H3/b7-4-;. The Morgan fingerprint density at radius 3 is 2.21 bits per heavy atom. The van der Waals surface area contributed by atoms with Gasteiger partial charge in [-0.25, -0.2) is 0 Å².